The van der Waals surface area contributed by atoms with Gasteiger partial charge in [-0.25, -0.2) is 9.97 Å². The maximum Gasteiger partial charge on any atom is 0.116 e. The van der Waals surface area contributed by atoms with Crippen LogP contribution in [0.4, 0.5) is 0 Å². The summed E-state index contributed by atoms with van der Waals surface area (Å²) in [4.78, 5) is 8.69. The summed E-state index contributed by atoms with van der Waals surface area (Å²) in [6.45, 7) is 2.36. The number of nitrogens with zero attached hydrogens (tertiary/aromatic N) is 3. The largest absolute Gasteiger partial charge is 0.281 e. The van der Waals surface area contributed by atoms with Gasteiger partial charge in [0.1, 0.15) is 12.0 Å². The lowest BCUT2D eigenvalue weighted by atomic mass is 9.75. The summed E-state index contributed by atoms with van der Waals surface area (Å²) in [5.41, 5.74) is 6.64. The Labute approximate surface area is 200 Å². The van der Waals surface area contributed by atoms with E-state index in [2.05, 4.69) is 52.3 Å². The Bertz CT molecular complexity index is 1160. The Hall–Kier alpha value is -2.98. The van der Waals surface area contributed by atoms with Crippen LogP contribution < -0.4 is 0 Å². The second kappa shape index (κ2) is 9.88. The van der Waals surface area contributed by atoms with E-state index in [1.165, 1.54) is 43.4 Å². The summed E-state index contributed by atoms with van der Waals surface area (Å²) >= 11 is 6.12. The molecule has 0 saturated heterocycles. The van der Waals surface area contributed by atoms with E-state index in [4.69, 9.17) is 16.7 Å². The zero-order valence-corrected chi connectivity index (χ0v) is 19.7. The Morgan fingerprint density at radius 3 is 2.42 bits per heavy atom. The highest BCUT2D eigenvalue weighted by molar-refractivity contribution is 6.30. The fraction of sp³-hybridized carbons (Fsp3) is 0.321. The molecule has 1 N–H and O–H groups in total. The highest BCUT2D eigenvalue weighted by Crippen LogP contribution is 2.44. The van der Waals surface area contributed by atoms with Crippen molar-refractivity contribution in [3.63, 3.8) is 0 Å². The lowest BCUT2D eigenvalue weighted by Crippen LogP contribution is -2.16. The highest BCUT2D eigenvalue weighted by Gasteiger charge is 2.29. The number of hydrogen-bond acceptors (Lipinski definition) is 3. The molecular formula is C28H29ClN4. The van der Waals surface area contributed by atoms with Gasteiger partial charge in [-0.05, 0) is 67.7 Å². The van der Waals surface area contributed by atoms with E-state index >= 15 is 0 Å². The monoisotopic (exact) mass is 456 g/mol. The third kappa shape index (κ3) is 4.86. The third-order valence-corrected chi connectivity index (χ3v) is 7.31. The smallest absolute Gasteiger partial charge is 0.116 e. The second-order valence-electron chi connectivity index (χ2n) is 9.23. The molecule has 4 nitrogen and oxygen atoms in total. The van der Waals surface area contributed by atoms with E-state index in [1.54, 1.807) is 12.5 Å². The van der Waals surface area contributed by atoms with Gasteiger partial charge in [0.15, 0.2) is 0 Å². The Balaban J connectivity index is 1.36. The van der Waals surface area contributed by atoms with Gasteiger partial charge in [0, 0.05) is 34.0 Å². The van der Waals surface area contributed by atoms with Gasteiger partial charge < -0.3 is 0 Å². The van der Waals surface area contributed by atoms with Crippen LogP contribution in [0.25, 0.3) is 22.5 Å². The first-order valence-electron chi connectivity index (χ1n) is 11.8. The maximum atomic E-state index is 6.12. The van der Waals surface area contributed by atoms with Crippen LogP contribution in [0.2, 0.25) is 5.02 Å². The molecular weight excluding hydrogens is 428 g/mol. The number of hydrogen-bond donors (Lipinski definition) is 1. The van der Waals surface area contributed by atoms with Crippen molar-refractivity contribution in [2.45, 2.75) is 50.9 Å². The van der Waals surface area contributed by atoms with Crippen molar-refractivity contribution in [1.29, 1.82) is 0 Å². The quantitative estimate of drug-likeness (QED) is 0.324. The molecule has 33 heavy (non-hydrogen) atoms. The summed E-state index contributed by atoms with van der Waals surface area (Å²) < 4.78 is 0. The predicted molar refractivity (Wildman–Crippen MR) is 134 cm³/mol. The molecule has 0 aliphatic heterocycles. The van der Waals surface area contributed by atoms with Gasteiger partial charge in [-0.15, -0.1) is 0 Å². The SMILES string of the molecule is C[C@@H](CC1CCC(c2[nH]nc(-c3ccc(Cl)cc3)c2-c2ccncn2)CC1)c1ccccc1. The molecule has 0 unspecified atom stereocenters. The van der Waals surface area contributed by atoms with Gasteiger partial charge in [-0.3, -0.25) is 5.10 Å². The molecule has 2 aromatic heterocycles. The van der Waals surface area contributed by atoms with E-state index in [0.29, 0.717) is 11.8 Å². The summed E-state index contributed by atoms with van der Waals surface area (Å²) in [5, 5.41) is 8.86. The zero-order valence-electron chi connectivity index (χ0n) is 18.9. The number of benzene rings is 2. The van der Waals surface area contributed by atoms with Crippen molar-refractivity contribution < 1.29 is 0 Å². The number of aromatic nitrogens is 4. The standard InChI is InChI=1S/C28H29ClN4/c1-19(21-5-3-2-4-6-21)17-20-7-9-22(10-8-20)27-26(25-15-16-30-18-31-25)28(33-32-27)23-11-13-24(29)14-12-23/h2-6,11-16,18-20,22H,7-10,17H2,1H3,(H,32,33)/t19-,20?,22?/m0/s1. The van der Waals surface area contributed by atoms with Crippen molar-refractivity contribution in [1.82, 2.24) is 20.2 Å². The minimum atomic E-state index is 0.465. The van der Waals surface area contributed by atoms with Crippen LogP contribution in [0.15, 0.2) is 73.2 Å². The van der Waals surface area contributed by atoms with Crippen molar-refractivity contribution in [3.8, 4) is 22.5 Å². The van der Waals surface area contributed by atoms with Gasteiger partial charge >= 0.3 is 0 Å². The molecule has 0 radical (unpaired) electrons. The van der Waals surface area contributed by atoms with Gasteiger partial charge in [-0.2, -0.15) is 5.10 Å². The molecule has 2 heterocycles. The number of H-pyrrole nitrogens is 1. The average molecular weight is 457 g/mol. The zero-order chi connectivity index (χ0) is 22.6. The molecule has 5 heteroatoms. The molecule has 2 aromatic carbocycles. The van der Waals surface area contributed by atoms with Crippen LogP contribution >= 0.6 is 11.6 Å². The minimum absolute atomic E-state index is 0.465. The van der Waals surface area contributed by atoms with Crippen LogP contribution in [0.1, 0.15) is 62.1 Å². The average Bonchev–Trinajstić information content (AvgIpc) is 3.31. The van der Waals surface area contributed by atoms with E-state index in [-0.39, 0.29) is 0 Å². The minimum Gasteiger partial charge on any atom is -0.281 e. The maximum absolute atomic E-state index is 6.12. The molecule has 168 valence electrons. The van der Waals surface area contributed by atoms with Crippen LogP contribution in [-0.2, 0) is 0 Å². The van der Waals surface area contributed by atoms with Gasteiger partial charge in [0.25, 0.3) is 0 Å². The molecule has 1 saturated carbocycles. The molecule has 1 atom stereocenters. The molecule has 0 amide bonds. The molecule has 1 aliphatic rings. The van der Waals surface area contributed by atoms with Gasteiger partial charge in [-0.1, -0.05) is 61.0 Å². The molecule has 4 aromatic rings. The first-order valence-corrected chi connectivity index (χ1v) is 12.2. The number of aromatic amines is 1. The topological polar surface area (TPSA) is 54.5 Å². The first kappa shape index (κ1) is 21.8. The van der Waals surface area contributed by atoms with Crippen molar-refractivity contribution in [3.05, 3.63) is 89.5 Å². The Morgan fingerprint density at radius 1 is 0.970 bits per heavy atom. The second-order valence-corrected chi connectivity index (χ2v) is 9.66. The van der Waals surface area contributed by atoms with Crippen molar-refractivity contribution in [2.24, 2.45) is 5.92 Å². The van der Waals surface area contributed by atoms with E-state index in [9.17, 15) is 0 Å². The molecule has 1 aliphatic carbocycles. The summed E-state index contributed by atoms with van der Waals surface area (Å²) in [7, 11) is 0. The van der Waals surface area contributed by atoms with E-state index < -0.39 is 0 Å². The Kier molecular flexibility index (Phi) is 6.54. The van der Waals surface area contributed by atoms with Crippen LogP contribution in [0.5, 0.6) is 0 Å². The van der Waals surface area contributed by atoms with Crippen LogP contribution in [0.3, 0.4) is 0 Å². The molecule has 1 fully saturated rings. The first-order chi connectivity index (χ1) is 16.2. The van der Waals surface area contributed by atoms with Gasteiger partial charge in [0.05, 0.1) is 5.69 Å². The van der Waals surface area contributed by atoms with Crippen molar-refractivity contribution in [2.75, 3.05) is 0 Å². The predicted octanol–water partition coefficient (Wildman–Crippen LogP) is 7.65. The third-order valence-electron chi connectivity index (χ3n) is 7.06. The van der Waals surface area contributed by atoms with Gasteiger partial charge in [0.2, 0.25) is 0 Å². The number of nitrogens with one attached hydrogen (secondary N) is 1. The van der Waals surface area contributed by atoms with Crippen LogP contribution in [-0.4, -0.2) is 20.2 Å². The van der Waals surface area contributed by atoms with E-state index in [1.807, 2.05) is 30.3 Å². The van der Waals surface area contributed by atoms with Crippen molar-refractivity contribution >= 4 is 11.6 Å². The summed E-state index contributed by atoms with van der Waals surface area (Å²) in [5.74, 6) is 1.84. The molecule has 5 rings (SSSR count). The lowest BCUT2D eigenvalue weighted by molar-refractivity contribution is 0.295. The Morgan fingerprint density at radius 2 is 1.73 bits per heavy atom. The normalized spacial score (nSPS) is 19.3. The van der Waals surface area contributed by atoms with Crippen LogP contribution in [0, 0.1) is 5.92 Å². The number of halogens is 1. The highest BCUT2D eigenvalue weighted by atomic mass is 35.5. The lowest BCUT2D eigenvalue weighted by Gasteiger charge is -2.30. The summed E-state index contributed by atoms with van der Waals surface area (Å²) in [6, 6.07) is 20.7. The fourth-order valence-electron chi connectivity index (χ4n) is 5.27. The molecule has 0 bridgehead atoms. The van der Waals surface area contributed by atoms with E-state index in [0.717, 1.165) is 33.5 Å². The molecule has 0 spiro atoms. The number of rotatable bonds is 6. The fourth-order valence-corrected chi connectivity index (χ4v) is 5.40. The summed E-state index contributed by atoms with van der Waals surface area (Å²) in [6.07, 6.45) is 9.51.